The summed E-state index contributed by atoms with van der Waals surface area (Å²) in [7, 11) is 0. The molecule has 2 N–H and O–H groups in total. The molecule has 0 bridgehead atoms. The average molecular weight is 249 g/mol. The van der Waals surface area contributed by atoms with E-state index in [-0.39, 0.29) is 6.03 Å². The van der Waals surface area contributed by atoms with Crippen LogP contribution in [0.3, 0.4) is 0 Å². The van der Waals surface area contributed by atoms with Crippen molar-refractivity contribution in [3.8, 4) is 6.07 Å². The smallest absolute Gasteiger partial charge is 0.316 e. The number of urea groups is 1. The van der Waals surface area contributed by atoms with Crippen LogP contribution in [-0.2, 0) is 0 Å². The molecular formula is C14H23N3O. The van der Waals surface area contributed by atoms with Crippen LogP contribution in [0.15, 0.2) is 0 Å². The van der Waals surface area contributed by atoms with E-state index in [0.717, 1.165) is 38.5 Å². The second kappa shape index (κ2) is 5.60. The lowest BCUT2D eigenvalue weighted by Crippen LogP contribution is -2.54. The number of nitrogens with one attached hydrogen (secondary N) is 2. The summed E-state index contributed by atoms with van der Waals surface area (Å²) in [5.74, 6) is 0.672. The van der Waals surface area contributed by atoms with E-state index in [1.807, 2.05) is 0 Å². The van der Waals surface area contributed by atoms with E-state index in [2.05, 4.69) is 23.6 Å². The van der Waals surface area contributed by atoms with Crippen molar-refractivity contribution in [2.24, 2.45) is 5.92 Å². The molecule has 0 aliphatic heterocycles. The van der Waals surface area contributed by atoms with Crippen molar-refractivity contribution < 1.29 is 4.79 Å². The topological polar surface area (TPSA) is 64.9 Å². The molecule has 0 aromatic carbocycles. The molecule has 0 heterocycles. The number of hydrogen-bond acceptors (Lipinski definition) is 2. The van der Waals surface area contributed by atoms with Gasteiger partial charge in [0.25, 0.3) is 0 Å². The molecule has 0 atom stereocenters. The standard InChI is InChI=1S/C14H23N3O/c1-11-6-8-14(10-15,9-7-11)17-13(18)16-12-4-2-3-5-12/h11-12H,2-9H2,1H3,(H2,16,17,18). The van der Waals surface area contributed by atoms with Crippen LogP contribution in [-0.4, -0.2) is 17.6 Å². The first-order valence-electron chi connectivity index (χ1n) is 7.13. The van der Waals surface area contributed by atoms with Gasteiger partial charge in [-0.05, 0) is 44.4 Å². The largest absolute Gasteiger partial charge is 0.335 e. The summed E-state index contributed by atoms with van der Waals surface area (Å²) in [5, 5.41) is 15.3. The number of hydrogen-bond donors (Lipinski definition) is 2. The SMILES string of the molecule is CC1CCC(C#N)(NC(=O)NC2CCCC2)CC1. The van der Waals surface area contributed by atoms with Crippen LogP contribution in [0.25, 0.3) is 0 Å². The van der Waals surface area contributed by atoms with Crippen molar-refractivity contribution in [3.05, 3.63) is 0 Å². The van der Waals surface area contributed by atoms with Gasteiger partial charge in [0.15, 0.2) is 0 Å². The third kappa shape index (κ3) is 3.16. The van der Waals surface area contributed by atoms with Gasteiger partial charge < -0.3 is 10.6 Å². The van der Waals surface area contributed by atoms with E-state index in [1.165, 1.54) is 12.8 Å². The minimum atomic E-state index is -0.630. The Hall–Kier alpha value is -1.24. The summed E-state index contributed by atoms with van der Waals surface area (Å²) in [4.78, 5) is 11.9. The van der Waals surface area contributed by atoms with Gasteiger partial charge in [-0.1, -0.05) is 19.8 Å². The van der Waals surface area contributed by atoms with E-state index in [9.17, 15) is 10.1 Å². The monoisotopic (exact) mass is 249 g/mol. The van der Waals surface area contributed by atoms with Gasteiger partial charge in [-0.3, -0.25) is 0 Å². The zero-order valence-electron chi connectivity index (χ0n) is 11.2. The van der Waals surface area contributed by atoms with Crippen LogP contribution in [0.1, 0.15) is 58.3 Å². The molecule has 0 radical (unpaired) electrons. The Bertz CT molecular complexity index is 333. The van der Waals surface area contributed by atoms with Crippen molar-refractivity contribution in [3.63, 3.8) is 0 Å². The molecule has 2 rings (SSSR count). The molecule has 0 spiro atoms. The maximum atomic E-state index is 11.9. The van der Waals surface area contributed by atoms with E-state index in [4.69, 9.17) is 0 Å². The Morgan fingerprint density at radius 3 is 2.39 bits per heavy atom. The third-order valence-electron chi connectivity index (χ3n) is 4.39. The summed E-state index contributed by atoms with van der Waals surface area (Å²) < 4.78 is 0. The number of nitrogens with zero attached hydrogens (tertiary/aromatic N) is 1. The zero-order chi connectivity index (χ0) is 13.0. The second-order valence-corrected chi connectivity index (χ2v) is 5.96. The quantitative estimate of drug-likeness (QED) is 0.790. The molecule has 2 aliphatic rings. The highest BCUT2D eigenvalue weighted by atomic mass is 16.2. The highest BCUT2D eigenvalue weighted by Gasteiger charge is 2.36. The molecule has 0 saturated heterocycles. The first-order chi connectivity index (χ1) is 8.63. The van der Waals surface area contributed by atoms with E-state index < -0.39 is 5.54 Å². The van der Waals surface area contributed by atoms with E-state index >= 15 is 0 Å². The van der Waals surface area contributed by atoms with Crippen LogP contribution in [0.4, 0.5) is 4.79 Å². The summed E-state index contributed by atoms with van der Waals surface area (Å²) in [6, 6.07) is 2.48. The van der Waals surface area contributed by atoms with Crippen molar-refractivity contribution in [2.75, 3.05) is 0 Å². The van der Waals surface area contributed by atoms with Crippen LogP contribution >= 0.6 is 0 Å². The van der Waals surface area contributed by atoms with Gasteiger partial charge in [0.2, 0.25) is 0 Å². The molecule has 2 amide bonds. The Kier molecular flexibility index (Phi) is 4.11. The minimum Gasteiger partial charge on any atom is -0.335 e. The van der Waals surface area contributed by atoms with Gasteiger partial charge >= 0.3 is 6.03 Å². The first kappa shape index (κ1) is 13.2. The number of rotatable bonds is 2. The molecule has 4 heteroatoms. The average Bonchev–Trinajstić information content (AvgIpc) is 2.85. The molecule has 4 nitrogen and oxygen atoms in total. The molecule has 0 unspecified atom stereocenters. The van der Waals surface area contributed by atoms with Crippen LogP contribution < -0.4 is 10.6 Å². The maximum absolute atomic E-state index is 11.9. The Labute approximate surface area is 109 Å². The first-order valence-corrected chi connectivity index (χ1v) is 7.13. The Morgan fingerprint density at radius 1 is 1.22 bits per heavy atom. The van der Waals surface area contributed by atoms with Crippen molar-refractivity contribution in [1.29, 1.82) is 5.26 Å². The number of nitriles is 1. The highest BCUT2D eigenvalue weighted by molar-refractivity contribution is 5.75. The molecule has 100 valence electrons. The molecular weight excluding hydrogens is 226 g/mol. The van der Waals surface area contributed by atoms with Crippen molar-refractivity contribution in [2.45, 2.75) is 69.9 Å². The lowest BCUT2D eigenvalue weighted by atomic mass is 9.78. The summed E-state index contributed by atoms with van der Waals surface area (Å²) in [6.45, 7) is 2.21. The molecule has 2 fully saturated rings. The van der Waals surface area contributed by atoms with Gasteiger partial charge in [-0.25, -0.2) is 4.79 Å². The summed E-state index contributed by atoms with van der Waals surface area (Å²) in [5.41, 5.74) is -0.630. The highest BCUT2D eigenvalue weighted by Crippen LogP contribution is 2.31. The second-order valence-electron chi connectivity index (χ2n) is 5.96. The Morgan fingerprint density at radius 2 is 1.83 bits per heavy atom. The molecule has 0 aromatic heterocycles. The summed E-state index contributed by atoms with van der Waals surface area (Å²) in [6.07, 6.45) is 8.16. The van der Waals surface area contributed by atoms with Crippen molar-refractivity contribution in [1.82, 2.24) is 10.6 Å². The number of carbonyl (C=O) groups is 1. The summed E-state index contributed by atoms with van der Waals surface area (Å²) >= 11 is 0. The van der Waals surface area contributed by atoms with Gasteiger partial charge in [-0.2, -0.15) is 5.26 Å². The molecule has 2 aliphatic carbocycles. The van der Waals surface area contributed by atoms with Gasteiger partial charge in [0.1, 0.15) is 5.54 Å². The van der Waals surface area contributed by atoms with E-state index in [0.29, 0.717) is 12.0 Å². The van der Waals surface area contributed by atoms with Crippen molar-refractivity contribution >= 4 is 6.03 Å². The molecule has 18 heavy (non-hydrogen) atoms. The minimum absolute atomic E-state index is 0.155. The zero-order valence-corrected chi connectivity index (χ0v) is 11.2. The predicted octanol–water partition coefficient (Wildman–Crippen LogP) is 2.70. The number of carbonyl (C=O) groups excluding carboxylic acids is 1. The fourth-order valence-electron chi connectivity index (χ4n) is 3.03. The normalized spacial score (nSPS) is 32.8. The van der Waals surface area contributed by atoms with Gasteiger partial charge in [-0.15, -0.1) is 0 Å². The van der Waals surface area contributed by atoms with Gasteiger partial charge in [0.05, 0.1) is 6.07 Å². The third-order valence-corrected chi connectivity index (χ3v) is 4.39. The van der Waals surface area contributed by atoms with Crippen LogP contribution in [0.5, 0.6) is 0 Å². The van der Waals surface area contributed by atoms with Crippen LogP contribution in [0.2, 0.25) is 0 Å². The van der Waals surface area contributed by atoms with Gasteiger partial charge in [0, 0.05) is 6.04 Å². The molecule has 0 aromatic rings. The fraction of sp³-hybridized carbons (Fsp3) is 0.857. The van der Waals surface area contributed by atoms with E-state index in [1.54, 1.807) is 0 Å². The lowest BCUT2D eigenvalue weighted by molar-refractivity contribution is 0.209. The fourth-order valence-corrected chi connectivity index (χ4v) is 3.03. The molecule has 2 saturated carbocycles. The maximum Gasteiger partial charge on any atom is 0.316 e. The van der Waals surface area contributed by atoms with Crippen LogP contribution in [0, 0.1) is 17.2 Å². The predicted molar refractivity (Wildman–Crippen MR) is 69.9 cm³/mol. The Balaban J connectivity index is 1.85. The lowest BCUT2D eigenvalue weighted by Gasteiger charge is -2.34. The number of amides is 2.